The highest BCUT2D eigenvalue weighted by molar-refractivity contribution is 5.34. The van der Waals surface area contributed by atoms with Gasteiger partial charge in [0.2, 0.25) is 0 Å². The predicted octanol–water partition coefficient (Wildman–Crippen LogP) is 1.25. The minimum absolute atomic E-state index is 0.189. The van der Waals surface area contributed by atoms with Crippen LogP contribution in [-0.4, -0.2) is 21.8 Å². The van der Waals surface area contributed by atoms with Crippen molar-refractivity contribution in [3.05, 3.63) is 41.7 Å². The van der Waals surface area contributed by atoms with Crippen LogP contribution in [-0.2, 0) is 20.2 Å². The van der Waals surface area contributed by atoms with Gasteiger partial charge < -0.3 is 10.1 Å². The van der Waals surface area contributed by atoms with Crippen LogP contribution >= 0.6 is 0 Å². The molecule has 0 atom stereocenters. The predicted molar refractivity (Wildman–Crippen MR) is 64.5 cm³/mol. The first-order valence-corrected chi connectivity index (χ1v) is 5.60. The number of ether oxygens (including phenoxy) is 1. The van der Waals surface area contributed by atoms with Crippen LogP contribution in [0.5, 0.6) is 5.75 Å². The minimum atomic E-state index is -0.370. The van der Waals surface area contributed by atoms with Crippen LogP contribution < -0.4 is 10.1 Å². The first-order valence-electron chi connectivity index (χ1n) is 5.60. The quantitative estimate of drug-likeness (QED) is 0.867. The van der Waals surface area contributed by atoms with Crippen molar-refractivity contribution in [2.24, 2.45) is 7.05 Å². The van der Waals surface area contributed by atoms with E-state index in [2.05, 4.69) is 15.4 Å². The van der Waals surface area contributed by atoms with Crippen LogP contribution in [0.3, 0.4) is 0 Å². The van der Waals surface area contributed by atoms with Gasteiger partial charge in [-0.25, -0.2) is 9.37 Å². The van der Waals surface area contributed by atoms with Crippen LogP contribution in [0.25, 0.3) is 0 Å². The Bertz CT molecular complexity index is 527. The van der Waals surface area contributed by atoms with Gasteiger partial charge in [0.25, 0.3) is 0 Å². The fourth-order valence-corrected chi connectivity index (χ4v) is 1.63. The van der Waals surface area contributed by atoms with E-state index in [1.807, 2.05) is 6.07 Å². The zero-order chi connectivity index (χ0) is 13.0. The van der Waals surface area contributed by atoms with Gasteiger partial charge in [-0.2, -0.15) is 5.10 Å². The van der Waals surface area contributed by atoms with Crippen LogP contribution in [0.4, 0.5) is 4.39 Å². The largest absolute Gasteiger partial charge is 0.482 e. The van der Waals surface area contributed by atoms with Gasteiger partial charge >= 0.3 is 0 Å². The average Bonchev–Trinajstić information content (AvgIpc) is 2.75. The summed E-state index contributed by atoms with van der Waals surface area (Å²) in [5.74, 6) is 0.536. The Morgan fingerprint density at radius 3 is 2.94 bits per heavy atom. The molecule has 0 unspecified atom stereocenters. The van der Waals surface area contributed by atoms with Crippen molar-refractivity contribution in [3.8, 4) is 5.75 Å². The Kier molecular flexibility index (Phi) is 3.88. The topological polar surface area (TPSA) is 52.0 Å². The SMILES string of the molecule is CNCc1cccc(F)c1OCc1ncnn1C. The third kappa shape index (κ3) is 2.65. The summed E-state index contributed by atoms with van der Waals surface area (Å²) in [4.78, 5) is 4.02. The average molecular weight is 250 g/mol. The normalized spacial score (nSPS) is 10.6. The summed E-state index contributed by atoms with van der Waals surface area (Å²) < 4.78 is 20.8. The maximum absolute atomic E-state index is 13.7. The van der Waals surface area contributed by atoms with Gasteiger partial charge in [0.1, 0.15) is 12.9 Å². The number of aromatic nitrogens is 3. The third-order valence-corrected chi connectivity index (χ3v) is 2.57. The third-order valence-electron chi connectivity index (χ3n) is 2.57. The summed E-state index contributed by atoms with van der Waals surface area (Å²) in [6.45, 7) is 0.736. The van der Waals surface area contributed by atoms with Crippen molar-refractivity contribution >= 4 is 0 Å². The van der Waals surface area contributed by atoms with Crippen LogP contribution in [0.1, 0.15) is 11.4 Å². The Balaban J connectivity index is 2.15. The molecule has 0 bridgehead atoms. The Labute approximate surface area is 105 Å². The van der Waals surface area contributed by atoms with Crippen LogP contribution in [0.15, 0.2) is 24.5 Å². The molecule has 1 aromatic carbocycles. The molecule has 96 valence electrons. The summed E-state index contributed by atoms with van der Waals surface area (Å²) in [7, 11) is 3.57. The Morgan fingerprint density at radius 1 is 1.44 bits per heavy atom. The summed E-state index contributed by atoms with van der Waals surface area (Å²) in [5, 5.41) is 6.91. The van der Waals surface area contributed by atoms with E-state index < -0.39 is 0 Å². The molecule has 0 saturated carbocycles. The lowest BCUT2D eigenvalue weighted by atomic mass is 10.2. The van der Waals surface area contributed by atoms with Crippen molar-refractivity contribution in [1.29, 1.82) is 0 Å². The standard InChI is InChI=1S/C12H15FN4O/c1-14-6-9-4-3-5-10(13)12(9)18-7-11-15-8-16-17(11)2/h3-5,8,14H,6-7H2,1-2H3. The number of hydrogen-bond donors (Lipinski definition) is 1. The molecule has 0 saturated heterocycles. The summed E-state index contributed by atoms with van der Waals surface area (Å²) in [6.07, 6.45) is 1.44. The molecule has 18 heavy (non-hydrogen) atoms. The number of halogens is 1. The second kappa shape index (κ2) is 5.59. The maximum Gasteiger partial charge on any atom is 0.165 e. The molecule has 1 heterocycles. The summed E-state index contributed by atoms with van der Waals surface area (Å²) >= 11 is 0. The zero-order valence-electron chi connectivity index (χ0n) is 10.4. The monoisotopic (exact) mass is 250 g/mol. The number of benzene rings is 1. The molecule has 0 aliphatic rings. The number of nitrogens with zero attached hydrogens (tertiary/aromatic N) is 3. The number of aryl methyl sites for hydroxylation is 1. The molecule has 0 aliphatic heterocycles. The molecule has 0 amide bonds. The molecule has 5 nitrogen and oxygen atoms in total. The van der Waals surface area contributed by atoms with E-state index in [0.717, 1.165) is 5.56 Å². The van der Waals surface area contributed by atoms with Gasteiger partial charge in [0, 0.05) is 19.2 Å². The lowest BCUT2D eigenvalue weighted by Gasteiger charge is -2.11. The zero-order valence-corrected chi connectivity index (χ0v) is 10.4. The van der Waals surface area contributed by atoms with E-state index in [9.17, 15) is 4.39 Å². The van der Waals surface area contributed by atoms with Crippen LogP contribution in [0.2, 0.25) is 0 Å². The van der Waals surface area contributed by atoms with E-state index in [4.69, 9.17) is 4.74 Å². The lowest BCUT2D eigenvalue weighted by Crippen LogP contribution is -2.10. The molecule has 2 rings (SSSR count). The number of nitrogens with one attached hydrogen (secondary N) is 1. The van der Waals surface area contributed by atoms with E-state index in [1.165, 1.54) is 12.4 Å². The molecule has 6 heteroatoms. The van der Waals surface area contributed by atoms with Gasteiger partial charge in [-0.15, -0.1) is 0 Å². The molecular formula is C12H15FN4O. The lowest BCUT2D eigenvalue weighted by molar-refractivity contribution is 0.272. The second-order valence-corrected chi connectivity index (χ2v) is 3.85. The van der Waals surface area contributed by atoms with Gasteiger partial charge in [0.05, 0.1) is 0 Å². The molecule has 0 fully saturated rings. The highest BCUT2D eigenvalue weighted by Gasteiger charge is 2.10. The van der Waals surface area contributed by atoms with E-state index >= 15 is 0 Å². The summed E-state index contributed by atoms with van der Waals surface area (Å²) in [6, 6.07) is 4.87. The van der Waals surface area contributed by atoms with E-state index in [-0.39, 0.29) is 18.2 Å². The number of para-hydroxylation sites is 1. The molecule has 1 aromatic heterocycles. The molecule has 0 spiro atoms. The fourth-order valence-electron chi connectivity index (χ4n) is 1.63. The van der Waals surface area contributed by atoms with E-state index in [1.54, 1.807) is 24.8 Å². The first-order chi connectivity index (χ1) is 8.72. The maximum atomic E-state index is 13.7. The summed E-state index contributed by atoms with van der Waals surface area (Å²) in [5.41, 5.74) is 0.777. The second-order valence-electron chi connectivity index (χ2n) is 3.85. The van der Waals surface area contributed by atoms with Crippen molar-refractivity contribution in [3.63, 3.8) is 0 Å². The van der Waals surface area contributed by atoms with Gasteiger partial charge in [0.15, 0.2) is 17.4 Å². The fraction of sp³-hybridized carbons (Fsp3) is 0.333. The molecule has 1 N–H and O–H groups in total. The van der Waals surface area contributed by atoms with Gasteiger partial charge in [-0.05, 0) is 13.1 Å². The molecular weight excluding hydrogens is 235 g/mol. The highest BCUT2D eigenvalue weighted by Crippen LogP contribution is 2.23. The number of hydrogen-bond acceptors (Lipinski definition) is 4. The highest BCUT2D eigenvalue weighted by atomic mass is 19.1. The van der Waals surface area contributed by atoms with Crippen molar-refractivity contribution in [2.45, 2.75) is 13.2 Å². The molecule has 2 aromatic rings. The Morgan fingerprint density at radius 2 is 2.28 bits per heavy atom. The van der Waals surface area contributed by atoms with Crippen LogP contribution in [0, 0.1) is 5.82 Å². The first kappa shape index (κ1) is 12.5. The minimum Gasteiger partial charge on any atom is -0.482 e. The van der Waals surface area contributed by atoms with Crippen molar-refractivity contribution in [1.82, 2.24) is 20.1 Å². The number of rotatable bonds is 5. The van der Waals surface area contributed by atoms with Crippen molar-refractivity contribution < 1.29 is 9.13 Å². The Hall–Kier alpha value is -1.95. The molecule has 0 radical (unpaired) electrons. The van der Waals surface area contributed by atoms with E-state index in [0.29, 0.717) is 12.4 Å². The smallest absolute Gasteiger partial charge is 0.165 e. The van der Waals surface area contributed by atoms with Gasteiger partial charge in [-0.3, -0.25) is 4.68 Å². The molecule has 0 aliphatic carbocycles. The van der Waals surface area contributed by atoms with Crippen molar-refractivity contribution in [2.75, 3.05) is 7.05 Å². The van der Waals surface area contributed by atoms with Gasteiger partial charge in [-0.1, -0.05) is 12.1 Å².